The fraction of sp³-hybridized carbons (Fsp3) is 0.267. The minimum atomic E-state index is 0.407. The van der Waals surface area contributed by atoms with Gasteiger partial charge in [0.2, 0.25) is 5.88 Å². The molecule has 0 atom stereocenters. The smallest absolute Gasteiger partial charge is 0.214 e. The third-order valence-electron chi connectivity index (χ3n) is 2.85. The molecule has 0 radical (unpaired) electrons. The summed E-state index contributed by atoms with van der Waals surface area (Å²) in [5.74, 6) is 0.597. The van der Waals surface area contributed by atoms with Crippen LogP contribution >= 0.6 is 11.6 Å². The molecule has 0 bridgehead atoms. The summed E-state index contributed by atoms with van der Waals surface area (Å²) in [6, 6.07) is 11.5. The van der Waals surface area contributed by atoms with E-state index in [1.807, 2.05) is 36.4 Å². The van der Waals surface area contributed by atoms with Crippen molar-refractivity contribution in [1.82, 2.24) is 4.98 Å². The lowest BCUT2D eigenvalue weighted by molar-refractivity contribution is 0.293. The molecule has 19 heavy (non-hydrogen) atoms. The van der Waals surface area contributed by atoms with Gasteiger partial charge in [-0.1, -0.05) is 36.7 Å². The van der Waals surface area contributed by atoms with Crippen LogP contribution in [0.3, 0.4) is 0 Å². The monoisotopic (exact) mass is 276 g/mol. The van der Waals surface area contributed by atoms with Gasteiger partial charge in [-0.15, -0.1) is 0 Å². The van der Waals surface area contributed by atoms with Crippen molar-refractivity contribution < 1.29 is 4.74 Å². The molecule has 0 amide bonds. The molecule has 4 heteroatoms. The normalized spacial score (nSPS) is 10.5. The van der Waals surface area contributed by atoms with Crippen LogP contribution in [0.15, 0.2) is 36.4 Å². The zero-order valence-electron chi connectivity index (χ0n) is 10.9. The predicted molar refractivity (Wildman–Crippen MR) is 77.3 cm³/mol. The Kier molecular flexibility index (Phi) is 4.77. The highest BCUT2D eigenvalue weighted by Gasteiger charge is 2.04. The molecular formula is C15H17ClN2O. The van der Waals surface area contributed by atoms with E-state index in [4.69, 9.17) is 22.1 Å². The van der Waals surface area contributed by atoms with Gasteiger partial charge in [-0.25, -0.2) is 4.98 Å². The van der Waals surface area contributed by atoms with Crippen LogP contribution in [0.5, 0.6) is 5.88 Å². The van der Waals surface area contributed by atoms with Gasteiger partial charge < -0.3 is 10.5 Å². The number of aromatic nitrogens is 1. The van der Waals surface area contributed by atoms with Crippen molar-refractivity contribution in [3.63, 3.8) is 0 Å². The number of aryl methyl sites for hydroxylation is 1. The molecule has 0 aliphatic rings. The van der Waals surface area contributed by atoms with Crippen LogP contribution in [0.1, 0.15) is 23.7 Å². The lowest BCUT2D eigenvalue weighted by Gasteiger charge is -2.09. The quantitative estimate of drug-likeness (QED) is 0.911. The Balaban J connectivity index is 2.13. The lowest BCUT2D eigenvalue weighted by Crippen LogP contribution is -2.03. The van der Waals surface area contributed by atoms with Crippen LogP contribution in [0, 0.1) is 0 Å². The fourth-order valence-electron chi connectivity index (χ4n) is 1.76. The summed E-state index contributed by atoms with van der Waals surface area (Å²) in [5.41, 5.74) is 8.63. The Hall–Kier alpha value is -1.58. The SMILES string of the molecule is CCc1cc(CN)cc(OCc2ccccc2Cl)n1. The highest BCUT2D eigenvalue weighted by atomic mass is 35.5. The van der Waals surface area contributed by atoms with Crippen molar-refractivity contribution in [2.75, 3.05) is 0 Å². The van der Waals surface area contributed by atoms with E-state index in [1.165, 1.54) is 0 Å². The second kappa shape index (κ2) is 6.55. The van der Waals surface area contributed by atoms with E-state index in [0.29, 0.717) is 24.1 Å². The molecule has 3 nitrogen and oxygen atoms in total. The topological polar surface area (TPSA) is 48.1 Å². The van der Waals surface area contributed by atoms with Gasteiger partial charge in [0, 0.05) is 28.9 Å². The lowest BCUT2D eigenvalue weighted by atomic mass is 10.2. The number of rotatable bonds is 5. The molecule has 100 valence electrons. The summed E-state index contributed by atoms with van der Waals surface area (Å²) in [7, 11) is 0. The number of nitrogens with zero attached hydrogens (tertiary/aromatic N) is 1. The third-order valence-corrected chi connectivity index (χ3v) is 3.21. The second-order valence-electron chi connectivity index (χ2n) is 4.24. The zero-order chi connectivity index (χ0) is 13.7. The van der Waals surface area contributed by atoms with Crippen molar-refractivity contribution in [2.24, 2.45) is 5.73 Å². The summed E-state index contributed by atoms with van der Waals surface area (Å²) in [4.78, 5) is 4.42. The molecule has 0 unspecified atom stereocenters. The van der Waals surface area contributed by atoms with Crippen LogP contribution in [-0.4, -0.2) is 4.98 Å². The first kappa shape index (κ1) is 13.8. The molecule has 0 spiro atoms. The Labute approximate surface area is 118 Å². The summed E-state index contributed by atoms with van der Waals surface area (Å²) >= 11 is 6.09. The highest BCUT2D eigenvalue weighted by molar-refractivity contribution is 6.31. The number of halogens is 1. The first-order valence-electron chi connectivity index (χ1n) is 6.29. The number of nitrogens with two attached hydrogens (primary N) is 1. The minimum absolute atomic E-state index is 0.407. The Morgan fingerprint density at radius 3 is 2.74 bits per heavy atom. The number of ether oxygens (including phenoxy) is 1. The average molecular weight is 277 g/mol. The Bertz CT molecular complexity index is 535. The largest absolute Gasteiger partial charge is 0.473 e. The Morgan fingerprint density at radius 1 is 1.26 bits per heavy atom. The zero-order valence-corrected chi connectivity index (χ0v) is 11.7. The molecule has 2 N–H and O–H groups in total. The molecule has 0 aliphatic heterocycles. The molecule has 0 saturated heterocycles. The van der Waals surface area contributed by atoms with E-state index in [0.717, 1.165) is 23.2 Å². The van der Waals surface area contributed by atoms with Gasteiger partial charge in [-0.3, -0.25) is 0 Å². The number of pyridine rings is 1. The molecule has 1 aromatic heterocycles. The third kappa shape index (κ3) is 3.69. The molecule has 2 rings (SSSR count). The maximum Gasteiger partial charge on any atom is 0.214 e. The summed E-state index contributed by atoms with van der Waals surface area (Å²) < 4.78 is 5.71. The van der Waals surface area contributed by atoms with E-state index in [2.05, 4.69) is 11.9 Å². The van der Waals surface area contributed by atoms with E-state index >= 15 is 0 Å². The maximum absolute atomic E-state index is 6.09. The van der Waals surface area contributed by atoms with E-state index in [-0.39, 0.29) is 0 Å². The highest BCUT2D eigenvalue weighted by Crippen LogP contribution is 2.19. The Morgan fingerprint density at radius 2 is 2.05 bits per heavy atom. The number of hydrogen-bond acceptors (Lipinski definition) is 3. The molecular weight excluding hydrogens is 260 g/mol. The van der Waals surface area contributed by atoms with Gasteiger partial charge >= 0.3 is 0 Å². The van der Waals surface area contributed by atoms with Crippen molar-refractivity contribution >= 4 is 11.6 Å². The second-order valence-corrected chi connectivity index (χ2v) is 4.65. The van der Waals surface area contributed by atoms with Crippen molar-refractivity contribution in [3.05, 3.63) is 58.2 Å². The summed E-state index contributed by atoms with van der Waals surface area (Å²) in [5, 5.41) is 0.702. The van der Waals surface area contributed by atoms with Crippen LogP contribution in [-0.2, 0) is 19.6 Å². The van der Waals surface area contributed by atoms with Crippen LogP contribution < -0.4 is 10.5 Å². The van der Waals surface area contributed by atoms with Crippen LogP contribution in [0.2, 0.25) is 5.02 Å². The van der Waals surface area contributed by atoms with Gasteiger partial charge in [0.1, 0.15) is 6.61 Å². The van der Waals surface area contributed by atoms with Gasteiger partial charge in [0.05, 0.1) is 0 Å². The number of hydrogen-bond donors (Lipinski definition) is 1. The van der Waals surface area contributed by atoms with E-state index < -0.39 is 0 Å². The van der Waals surface area contributed by atoms with Gasteiger partial charge in [-0.2, -0.15) is 0 Å². The van der Waals surface area contributed by atoms with E-state index in [9.17, 15) is 0 Å². The maximum atomic E-state index is 6.09. The first-order valence-corrected chi connectivity index (χ1v) is 6.67. The van der Waals surface area contributed by atoms with Crippen LogP contribution in [0.25, 0.3) is 0 Å². The molecule has 0 saturated carbocycles. The van der Waals surface area contributed by atoms with Gasteiger partial charge in [0.25, 0.3) is 0 Å². The van der Waals surface area contributed by atoms with Crippen molar-refractivity contribution in [3.8, 4) is 5.88 Å². The summed E-state index contributed by atoms with van der Waals surface area (Å²) in [6.45, 7) is 2.95. The van der Waals surface area contributed by atoms with Crippen LogP contribution in [0.4, 0.5) is 0 Å². The first-order chi connectivity index (χ1) is 9.22. The molecule has 0 fully saturated rings. The molecule has 0 aliphatic carbocycles. The van der Waals surface area contributed by atoms with Gasteiger partial charge in [0.15, 0.2) is 0 Å². The predicted octanol–water partition coefficient (Wildman–Crippen LogP) is 3.34. The molecule has 1 aromatic carbocycles. The van der Waals surface area contributed by atoms with E-state index in [1.54, 1.807) is 0 Å². The van der Waals surface area contributed by atoms with Crippen molar-refractivity contribution in [2.45, 2.75) is 26.5 Å². The van der Waals surface area contributed by atoms with Gasteiger partial charge in [-0.05, 0) is 24.1 Å². The average Bonchev–Trinajstić information content (AvgIpc) is 2.46. The molecule has 1 heterocycles. The standard InChI is InChI=1S/C15H17ClN2O/c1-2-13-7-11(9-17)8-15(18-13)19-10-12-5-3-4-6-14(12)16/h3-8H,2,9-10,17H2,1H3. The fourth-order valence-corrected chi connectivity index (χ4v) is 1.95. The number of benzene rings is 1. The summed E-state index contributed by atoms with van der Waals surface area (Å²) in [6.07, 6.45) is 0.857. The minimum Gasteiger partial charge on any atom is -0.473 e. The van der Waals surface area contributed by atoms with Crippen molar-refractivity contribution in [1.29, 1.82) is 0 Å². The molecule has 2 aromatic rings.